The number of aromatic amines is 1. The van der Waals surface area contributed by atoms with Crippen LogP contribution < -0.4 is 0 Å². The fourth-order valence-corrected chi connectivity index (χ4v) is 2.83. The van der Waals surface area contributed by atoms with Crippen molar-refractivity contribution in [2.75, 3.05) is 6.61 Å². The van der Waals surface area contributed by atoms with Crippen molar-refractivity contribution in [3.8, 4) is 22.9 Å². The minimum Gasteiger partial charge on any atom is -0.453 e. The molecule has 0 aliphatic heterocycles. The summed E-state index contributed by atoms with van der Waals surface area (Å²) in [5.74, 6) is 0.823. The Balaban J connectivity index is 1.64. The van der Waals surface area contributed by atoms with Gasteiger partial charge in [0, 0.05) is 11.1 Å². The second-order valence-corrected chi connectivity index (χ2v) is 6.14. The van der Waals surface area contributed by atoms with E-state index in [-0.39, 0.29) is 0 Å². The largest absolute Gasteiger partial charge is 0.453 e. The molecule has 4 aromatic rings. The van der Waals surface area contributed by atoms with Crippen molar-refractivity contribution in [1.29, 1.82) is 0 Å². The standard InChI is InChI=1S/C20H13F3N2O3/c21-20(22,23)13-4-1-11(2-5-13)17-7-8-18(28-17)19-24-14-6-3-12(16(27)10-26)9-15(14)25-19/h1-9,26H,10H2,(H,24,25). The molecule has 0 amide bonds. The molecule has 0 radical (unpaired) electrons. The Kier molecular flexibility index (Phi) is 4.27. The van der Waals surface area contributed by atoms with Crippen LogP contribution in [0.3, 0.4) is 0 Å². The number of rotatable bonds is 4. The molecule has 0 saturated carbocycles. The fraction of sp³-hybridized carbons (Fsp3) is 0.100. The van der Waals surface area contributed by atoms with Gasteiger partial charge in [0.25, 0.3) is 0 Å². The smallest absolute Gasteiger partial charge is 0.416 e. The summed E-state index contributed by atoms with van der Waals surface area (Å²) in [5, 5.41) is 8.96. The SMILES string of the molecule is O=C(CO)c1ccc2nc(-c3ccc(-c4ccc(C(F)(F)F)cc4)o3)[nH]c2c1. The molecule has 0 spiro atoms. The molecule has 5 nitrogen and oxygen atoms in total. The number of nitrogens with one attached hydrogen (secondary N) is 1. The lowest BCUT2D eigenvalue weighted by Gasteiger charge is -2.06. The van der Waals surface area contributed by atoms with Crippen molar-refractivity contribution >= 4 is 16.8 Å². The molecule has 0 bridgehead atoms. The number of carbonyl (C=O) groups is 1. The molecule has 2 N–H and O–H groups in total. The first-order valence-electron chi connectivity index (χ1n) is 8.27. The number of Topliss-reactive ketones (excluding diaryl/α,β-unsaturated/α-hetero) is 1. The van der Waals surface area contributed by atoms with E-state index in [4.69, 9.17) is 9.52 Å². The summed E-state index contributed by atoms with van der Waals surface area (Å²) in [7, 11) is 0. The average molecular weight is 386 g/mol. The lowest BCUT2D eigenvalue weighted by molar-refractivity contribution is -0.137. The fourth-order valence-electron chi connectivity index (χ4n) is 2.83. The number of carbonyl (C=O) groups excluding carboxylic acids is 1. The van der Waals surface area contributed by atoms with Crippen LogP contribution in [0, 0.1) is 0 Å². The summed E-state index contributed by atoms with van der Waals surface area (Å²) in [5.41, 5.74) is 1.34. The molecule has 8 heteroatoms. The highest BCUT2D eigenvalue weighted by molar-refractivity contribution is 5.99. The van der Waals surface area contributed by atoms with Gasteiger partial charge in [-0.1, -0.05) is 12.1 Å². The first-order chi connectivity index (χ1) is 13.3. The first-order valence-corrected chi connectivity index (χ1v) is 8.27. The Morgan fingerprint density at radius 1 is 1.04 bits per heavy atom. The monoisotopic (exact) mass is 386 g/mol. The predicted molar refractivity (Wildman–Crippen MR) is 95.6 cm³/mol. The highest BCUT2D eigenvalue weighted by atomic mass is 19.4. The summed E-state index contributed by atoms with van der Waals surface area (Å²) in [6.07, 6.45) is -4.39. The molecular formula is C20H13F3N2O3. The molecule has 0 unspecified atom stereocenters. The van der Waals surface area contributed by atoms with E-state index in [1.165, 1.54) is 12.1 Å². The maximum absolute atomic E-state index is 12.7. The molecule has 142 valence electrons. The van der Waals surface area contributed by atoms with E-state index in [1.807, 2.05) is 0 Å². The number of hydrogen-bond donors (Lipinski definition) is 2. The van der Waals surface area contributed by atoms with Crippen LogP contribution in [0.1, 0.15) is 15.9 Å². The summed E-state index contributed by atoms with van der Waals surface area (Å²) in [6, 6.07) is 12.8. The maximum atomic E-state index is 12.7. The van der Waals surface area contributed by atoms with Crippen LogP contribution >= 0.6 is 0 Å². The number of fused-ring (bicyclic) bond motifs is 1. The second-order valence-electron chi connectivity index (χ2n) is 6.14. The molecule has 4 rings (SSSR count). The Morgan fingerprint density at radius 2 is 1.75 bits per heavy atom. The molecule has 0 aliphatic rings. The number of ketones is 1. The van der Waals surface area contributed by atoms with Crippen LogP contribution in [0.4, 0.5) is 13.2 Å². The molecule has 0 aliphatic carbocycles. The van der Waals surface area contributed by atoms with Crippen LogP contribution in [0.2, 0.25) is 0 Å². The lowest BCUT2D eigenvalue weighted by atomic mass is 10.1. The van der Waals surface area contributed by atoms with E-state index >= 15 is 0 Å². The van der Waals surface area contributed by atoms with E-state index in [0.717, 1.165) is 12.1 Å². The minimum absolute atomic E-state index is 0.357. The number of alkyl halides is 3. The van der Waals surface area contributed by atoms with Crippen LogP contribution in [-0.2, 0) is 6.18 Å². The van der Waals surface area contributed by atoms with Crippen molar-refractivity contribution in [3.63, 3.8) is 0 Å². The Hall–Kier alpha value is -3.39. The number of nitrogens with zero attached hydrogens (tertiary/aromatic N) is 1. The molecular weight excluding hydrogens is 373 g/mol. The quantitative estimate of drug-likeness (QED) is 0.499. The van der Waals surface area contributed by atoms with Gasteiger partial charge < -0.3 is 14.5 Å². The maximum Gasteiger partial charge on any atom is 0.416 e. The molecule has 0 atom stereocenters. The van der Waals surface area contributed by atoms with Crippen molar-refractivity contribution in [2.45, 2.75) is 6.18 Å². The lowest BCUT2D eigenvalue weighted by Crippen LogP contribution is -2.03. The Labute approximate surface area is 156 Å². The summed E-state index contributed by atoms with van der Waals surface area (Å²) in [6.45, 7) is -0.582. The normalized spacial score (nSPS) is 11.9. The Bertz CT molecular complexity index is 1160. The van der Waals surface area contributed by atoms with Crippen LogP contribution in [-0.4, -0.2) is 27.5 Å². The summed E-state index contributed by atoms with van der Waals surface area (Å²) in [4.78, 5) is 19.0. The van der Waals surface area contributed by atoms with Gasteiger partial charge in [-0.15, -0.1) is 0 Å². The number of aliphatic hydroxyl groups excluding tert-OH is 1. The van der Waals surface area contributed by atoms with E-state index in [2.05, 4.69) is 9.97 Å². The number of imidazole rings is 1. The van der Waals surface area contributed by atoms with Gasteiger partial charge in [-0.05, 0) is 42.5 Å². The average Bonchev–Trinajstić information content (AvgIpc) is 3.33. The minimum atomic E-state index is -4.39. The third-order valence-corrected chi connectivity index (χ3v) is 4.28. The van der Waals surface area contributed by atoms with Crippen molar-refractivity contribution in [3.05, 3.63) is 65.7 Å². The zero-order valence-corrected chi connectivity index (χ0v) is 14.2. The van der Waals surface area contributed by atoms with Gasteiger partial charge in [0.05, 0.1) is 16.6 Å². The second kappa shape index (κ2) is 6.65. The number of furan rings is 1. The van der Waals surface area contributed by atoms with Crippen molar-refractivity contribution < 1.29 is 27.5 Å². The van der Waals surface area contributed by atoms with Gasteiger partial charge >= 0.3 is 6.18 Å². The molecule has 0 saturated heterocycles. The highest BCUT2D eigenvalue weighted by Crippen LogP contribution is 2.32. The topological polar surface area (TPSA) is 79.1 Å². The van der Waals surface area contributed by atoms with E-state index in [0.29, 0.717) is 39.5 Å². The van der Waals surface area contributed by atoms with Gasteiger partial charge in [-0.3, -0.25) is 4.79 Å². The van der Waals surface area contributed by atoms with Crippen molar-refractivity contribution in [1.82, 2.24) is 9.97 Å². The molecule has 28 heavy (non-hydrogen) atoms. The first kappa shape index (κ1) is 18.0. The molecule has 2 aromatic carbocycles. The van der Waals surface area contributed by atoms with E-state index in [1.54, 1.807) is 30.3 Å². The molecule has 0 fully saturated rings. The molecule has 2 aromatic heterocycles. The number of benzene rings is 2. The van der Waals surface area contributed by atoms with E-state index < -0.39 is 24.1 Å². The van der Waals surface area contributed by atoms with Gasteiger partial charge in [0.15, 0.2) is 17.4 Å². The Morgan fingerprint density at radius 3 is 2.43 bits per heavy atom. The highest BCUT2D eigenvalue weighted by Gasteiger charge is 2.30. The number of H-pyrrole nitrogens is 1. The summed E-state index contributed by atoms with van der Waals surface area (Å²) < 4.78 is 43.8. The van der Waals surface area contributed by atoms with Gasteiger partial charge in [0.1, 0.15) is 12.4 Å². The van der Waals surface area contributed by atoms with Gasteiger partial charge in [0.2, 0.25) is 0 Å². The van der Waals surface area contributed by atoms with E-state index in [9.17, 15) is 18.0 Å². The van der Waals surface area contributed by atoms with Gasteiger partial charge in [-0.2, -0.15) is 13.2 Å². The van der Waals surface area contributed by atoms with Crippen LogP contribution in [0.15, 0.2) is 59.0 Å². The predicted octanol–water partition coefficient (Wildman–Crippen LogP) is 4.68. The third kappa shape index (κ3) is 3.29. The number of hydrogen-bond acceptors (Lipinski definition) is 4. The van der Waals surface area contributed by atoms with Crippen LogP contribution in [0.5, 0.6) is 0 Å². The van der Waals surface area contributed by atoms with Crippen LogP contribution in [0.25, 0.3) is 33.9 Å². The zero-order chi connectivity index (χ0) is 19.9. The summed E-state index contributed by atoms with van der Waals surface area (Å²) >= 11 is 0. The number of aromatic nitrogens is 2. The zero-order valence-electron chi connectivity index (χ0n) is 14.2. The molecule has 2 heterocycles. The third-order valence-electron chi connectivity index (χ3n) is 4.28. The van der Waals surface area contributed by atoms with Crippen molar-refractivity contribution in [2.24, 2.45) is 0 Å². The number of aliphatic hydroxyl groups is 1. The van der Waals surface area contributed by atoms with Gasteiger partial charge in [-0.25, -0.2) is 4.98 Å². The number of halogens is 3.